The van der Waals surface area contributed by atoms with Crippen LogP contribution in [0, 0.1) is 0 Å². The number of hydrogen-bond donors (Lipinski definition) is 0. The second-order valence-corrected chi connectivity index (χ2v) is 3.67. The lowest BCUT2D eigenvalue weighted by Gasteiger charge is -2.15. The molecule has 2 radical (unpaired) electrons. The van der Waals surface area contributed by atoms with E-state index in [0.717, 1.165) is 0 Å². The highest BCUT2D eigenvalue weighted by molar-refractivity contribution is 6.23. The summed E-state index contributed by atoms with van der Waals surface area (Å²) in [5, 5.41) is 0. The molecule has 90 valence electrons. The Labute approximate surface area is 102 Å². The van der Waals surface area contributed by atoms with E-state index in [2.05, 4.69) is 4.74 Å². The topological polar surface area (TPSA) is 52.6 Å². The van der Waals surface area contributed by atoms with Gasteiger partial charge >= 0.3 is 5.97 Å². The van der Waals surface area contributed by atoms with E-state index in [9.17, 15) is 9.59 Å². The molecule has 0 heterocycles. The van der Waals surface area contributed by atoms with Crippen LogP contribution in [-0.2, 0) is 19.1 Å². The fraction of sp³-hybridized carbons (Fsp3) is 0.500. The van der Waals surface area contributed by atoms with Crippen LogP contribution < -0.4 is 0 Å². The zero-order chi connectivity index (χ0) is 12.7. The van der Waals surface area contributed by atoms with E-state index in [4.69, 9.17) is 12.6 Å². The fourth-order valence-electron chi connectivity index (χ4n) is 1.36. The lowest BCUT2D eigenvalue weighted by atomic mass is 9.90. The summed E-state index contributed by atoms with van der Waals surface area (Å²) >= 11 is 0. The largest absolute Gasteiger partial charge is 0.466 e. The first-order valence-corrected chi connectivity index (χ1v) is 5.54. The third-order valence-electron chi connectivity index (χ3n) is 2.19. The Hall–Kier alpha value is -1.36. The van der Waals surface area contributed by atoms with Crippen molar-refractivity contribution in [3.05, 3.63) is 23.7 Å². The highest BCUT2D eigenvalue weighted by Crippen LogP contribution is 2.11. The van der Waals surface area contributed by atoms with Gasteiger partial charge in [0, 0.05) is 0 Å². The summed E-state index contributed by atoms with van der Waals surface area (Å²) in [6.45, 7) is 1.90. The summed E-state index contributed by atoms with van der Waals surface area (Å²) < 4.78 is 9.99. The maximum atomic E-state index is 11.3. The molecule has 1 unspecified atom stereocenters. The predicted molar refractivity (Wildman–Crippen MR) is 63.6 cm³/mol. The summed E-state index contributed by atoms with van der Waals surface area (Å²) in [5.41, 5.74) is 0.697. The van der Waals surface area contributed by atoms with Crippen molar-refractivity contribution in [1.29, 1.82) is 0 Å². The van der Waals surface area contributed by atoms with E-state index in [-0.39, 0.29) is 31.5 Å². The number of hydrogen-bond acceptors (Lipinski definition) is 4. The minimum Gasteiger partial charge on any atom is -0.466 e. The van der Waals surface area contributed by atoms with Gasteiger partial charge in [0.1, 0.15) is 20.9 Å². The van der Waals surface area contributed by atoms with Crippen LogP contribution in [0.3, 0.4) is 0 Å². The van der Waals surface area contributed by atoms with Crippen molar-refractivity contribution in [1.82, 2.24) is 0 Å². The van der Waals surface area contributed by atoms with Gasteiger partial charge in [0.15, 0.2) is 5.78 Å². The zero-order valence-corrected chi connectivity index (χ0v) is 9.85. The molecule has 0 aromatic heterocycles. The Morgan fingerprint density at radius 1 is 1.53 bits per heavy atom. The molecule has 1 rings (SSSR count). The molecule has 5 heteroatoms. The highest BCUT2D eigenvalue weighted by Gasteiger charge is 2.13. The summed E-state index contributed by atoms with van der Waals surface area (Å²) in [4.78, 5) is 22.4. The van der Waals surface area contributed by atoms with Crippen molar-refractivity contribution in [3.8, 4) is 0 Å². The zero-order valence-electron chi connectivity index (χ0n) is 9.85. The van der Waals surface area contributed by atoms with E-state index in [1.165, 1.54) is 0 Å². The average Bonchev–Trinajstić information content (AvgIpc) is 2.28. The van der Waals surface area contributed by atoms with Gasteiger partial charge in [0.2, 0.25) is 0 Å². The number of carbonyl (C=O) groups excluding carboxylic acids is 2. The third-order valence-corrected chi connectivity index (χ3v) is 2.19. The maximum Gasteiger partial charge on any atom is 0.313 e. The molecular formula is C12H15BO4. The Kier molecular flexibility index (Phi) is 5.70. The van der Waals surface area contributed by atoms with Crippen LogP contribution in [0.1, 0.15) is 19.8 Å². The number of allylic oxidation sites excluding steroid dienone is 2. The molecule has 0 aromatic rings. The van der Waals surface area contributed by atoms with Crippen LogP contribution in [0.2, 0.25) is 0 Å². The number of rotatable bonds is 6. The van der Waals surface area contributed by atoms with Crippen LogP contribution in [0.25, 0.3) is 0 Å². The van der Waals surface area contributed by atoms with Gasteiger partial charge in [-0.25, -0.2) is 0 Å². The average molecular weight is 234 g/mol. The number of ether oxygens (including phenoxy) is 2. The molecule has 0 bridgehead atoms. The van der Waals surface area contributed by atoms with Crippen molar-refractivity contribution < 1.29 is 19.1 Å². The highest BCUT2D eigenvalue weighted by atomic mass is 16.5. The first kappa shape index (κ1) is 13.7. The van der Waals surface area contributed by atoms with Gasteiger partial charge < -0.3 is 9.47 Å². The second-order valence-electron chi connectivity index (χ2n) is 3.67. The Balaban J connectivity index is 2.21. The number of ketones is 1. The Morgan fingerprint density at radius 3 is 2.88 bits per heavy atom. The quantitative estimate of drug-likeness (QED) is 0.389. The predicted octanol–water partition coefficient (Wildman–Crippen LogP) is 0.906. The SMILES string of the molecule is [B]C1=CCC(OCC(=O)CC(=O)OCC)C=C1. The molecule has 0 aromatic carbocycles. The summed E-state index contributed by atoms with van der Waals surface area (Å²) in [6, 6.07) is 0. The summed E-state index contributed by atoms with van der Waals surface area (Å²) in [6.07, 6.45) is 5.64. The van der Waals surface area contributed by atoms with Gasteiger partial charge in [0.05, 0.1) is 12.7 Å². The minimum atomic E-state index is -0.510. The van der Waals surface area contributed by atoms with Gasteiger partial charge in [-0.05, 0) is 13.3 Å². The molecule has 1 aliphatic rings. The van der Waals surface area contributed by atoms with Crippen molar-refractivity contribution in [3.63, 3.8) is 0 Å². The molecule has 0 aliphatic heterocycles. The Bertz CT molecular complexity index is 346. The monoisotopic (exact) mass is 234 g/mol. The Morgan fingerprint density at radius 2 is 2.29 bits per heavy atom. The first-order chi connectivity index (χ1) is 8.11. The van der Waals surface area contributed by atoms with Gasteiger partial charge in [-0.2, -0.15) is 0 Å². The van der Waals surface area contributed by atoms with Gasteiger partial charge in [0.25, 0.3) is 0 Å². The fourth-order valence-corrected chi connectivity index (χ4v) is 1.36. The van der Waals surface area contributed by atoms with Crippen molar-refractivity contribution in [2.75, 3.05) is 13.2 Å². The van der Waals surface area contributed by atoms with E-state index < -0.39 is 5.97 Å². The molecular weight excluding hydrogens is 219 g/mol. The molecule has 0 N–H and O–H groups in total. The van der Waals surface area contributed by atoms with Crippen LogP contribution in [0.15, 0.2) is 23.7 Å². The molecule has 0 saturated carbocycles. The minimum absolute atomic E-state index is 0.0818. The number of Topliss-reactive ketones (excluding diaryl/α,β-unsaturated/α-hetero) is 1. The summed E-state index contributed by atoms with van der Waals surface area (Å²) in [5.74, 6) is -0.788. The van der Waals surface area contributed by atoms with Crippen LogP contribution in [0.4, 0.5) is 0 Å². The first-order valence-electron chi connectivity index (χ1n) is 5.54. The normalized spacial score (nSPS) is 18.6. The van der Waals surface area contributed by atoms with Crippen molar-refractivity contribution >= 4 is 19.6 Å². The molecule has 0 amide bonds. The van der Waals surface area contributed by atoms with Gasteiger partial charge in [-0.1, -0.05) is 18.2 Å². The molecule has 1 atom stereocenters. The van der Waals surface area contributed by atoms with E-state index >= 15 is 0 Å². The smallest absolute Gasteiger partial charge is 0.313 e. The van der Waals surface area contributed by atoms with Crippen LogP contribution in [-0.4, -0.2) is 38.9 Å². The molecule has 17 heavy (non-hydrogen) atoms. The molecule has 0 saturated heterocycles. The lowest BCUT2D eigenvalue weighted by Crippen LogP contribution is -2.20. The van der Waals surface area contributed by atoms with E-state index in [1.807, 2.05) is 6.08 Å². The second kappa shape index (κ2) is 7.07. The standard InChI is InChI=1S/C12H15BO4/c1-2-16-12(15)7-10(14)8-17-11-5-3-9(13)4-6-11/h3-5,11H,2,6-8H2,1H3. The van der Waals surface area contributed by atoms with Gasteiger partial charge in [-0.3, -0.25) is 9.59 Å². The summed E-state index contributed by atoms with van der Waals surface area (Å²) in [7, 11) is 5.54. The van der Waals surface area contributed by atoms with Crippen LogP contribution >= 0.6 is 0 Å². The van der Waals surface area contributed by atoms with Crippen molar-refractivity contribution in [2.24, 2.45) is 0 Å². The van der Waals surface area contributed by atoms with Gasteiger partial charge in [-0.15, -0.1) is 5.47 Å². The van der Waals surface area contributed by atoms with E-state index in [0.29, 0.717) is 11.9 Å². The molecule has 4 nitrogen and oxygen atoms in total. The van der Waals surface area contributed by atoms with Crippen LogP contribution in [0.5, 0.6) is 0 Å². The maximum absolute atomic E-state index is 11.3. The number of esters is 1. The van der Waals surface area contributed by atoms with Crippen molar-refractivity contribution in [2.45, 2.75) is 25.9 Å². The molecule has 0 spiro atoms. The lowest BCUT2D eigenvalue weighted by molar-refractivity contribution is -0.146. The third kappa shape index (κ3) is 5.49. The molecule has 0 fully saturated rings. The molecule has 1 aliphatic carbocycles. The number of carbonyl (C=O) groups is 2. The van der Waals surface area contributed by atoms with E-state index in [1.54, 1.807) is 19.1 Å².